The summed E-state index contributed by atoms with van der Waals surface area (Å²) in [6.45, 7) is 2.70. The second kappa shape index (κ2) is 8.33. The maximum absolute atomic E-state index is 14.4. The van der Waals surface area contributed by atoms with Crippen LogP contribution in [-0.2, 0) is 11.3 Å². The van der Waals surface area contributed by atoms with Gasteiger partial charge in [-0.2, -0.15) is 8.78 Å². The van der Waals surface area contributed by atoms with Crippen molar-refractivity contribution < 1.29 is 32.3 Å². The summed E-state index contributed by atoms with van der Waals surface area (Å²) in [5, 5.41) is 9.07. The monoisotopic (exact) mass is 497 g/mol. The topological polar surface area (TPSA) is 121 Å². The second-order valence-electron chi connectivity index (χ2n) is 8.55. The first-order chi connectivity index (χ1) is 17.2. The van der Waals surface area contributed by atoms with E-state index >= 15 is 0 Å². The van der Waals surface area contributed by atoms with Gasteiger partial charge in [0.25, 0.3) is 5.92 Å². The minimum absolute atomic E-state index is 0.0459. The zero-order valence-corrected chi connectivity index (χ0v) is 19.7. The number of nitrogens with one attached hydrogen (secondary N) is 2. The molecular formula is C24H21F2N5O5. The summed E-state index contributed by atoms with van der Waals surface area (Å²) in [5.41, 5.74) is -0.979. The number of urea groups is 1. The van der Waals surface area contributed by atoms with Crippen LogP contribution < -0.4 is 24.8 Å². The lowest BCUT2D eigenvalue weighted by atomic mass is 9.67. The molecule has 2 aromatic carbocycles. The number of carbonyl (C=O) groups is 1. The van der Waals surface area contributed by atoms with Crippen molar-refractivity contribution in [2.24, 2.45) is 0 Å². The Morgan fingerprint density at radius 2 is 1.78 bits per heavy atom. The molecule has 5 rings (SSSR count). The van der Waals surface area contributed by atoms with Crippen LogP contribution in [0, 0.1) is 0 Å². The number of fused-ring (bicyclic) bond motifs is 2. The molecule has 0 fully saturated rings. The lowest BCUT2D eigenvalue weighted by molar-refractivity contribution is -0.115. The van der Waals surface area contributed by atoms with Crippen LogP contribution in [0.2, 0.25) is 0 Å². The number of rotatable bonds is 6. The summed E-state index contributed by atoms with van der Waals surface area (Å²) in [5.74, 6) is -1.84. The SMILES string of the molecule is COc1cc2ncnc(Oc3cccc(NC(=O)Nc4noc5c4C(F)(F)C5(C)C)c3)c2cc1OC. The van der Waals surface area contributed by atoms with Crippen molar-refractivity contribution >= 4 is 28.4 Å². The molecule has 0 bridgehead atoms. The van der Waals surface area contributed by atoms with Gasteiger partial charge in [-0.1, -0.05) is 11.2 Å². The fourth-order valence-corrected chi connectivity index (χ4v) is 3.95. The zero-order chi connectivity index (χ0) is 25.7. The maximum Gasteiger partial charge on any atom is 0.324 e. The highest BCUT2D eigenvalue weighted by Crippen LogP contribution is 2.60. The molecule has 0 radical (unpaired) electrons. The maximum atomic E-state index is 14.4. The molecule has 10 nitrogen and oxygen atoms in total. The van der Waals surface area contributed by atoms with E-state index in [4.69, 9.17) is 18.7 Å². The quantitative estimate of drug-likeness (QED) is 0.361. The Hall–Kier alpha value is -4.48. The normalized spacial score (nSPS) is 14.9. The average Bonchev–Trinajstić information content (AvgIpc) is 3.27. The zero-order valence-electron chi connectivity index (χ0n) is 19.7. The van der Waals surface area contributed by atoms with Crippen LogP contribution in [0.4, 0.5) is 25.1 Å². The molecule has 2 aromatic heterocycles. The third kappa shape index (κ3) is 3.61. The van der Waals surface area contributed by atoms with Gasteiger partial charge < -0.3 is 24.1 Å². The van der Waals surface area contributed by atoms with E-state index in [9.17, 15) is 13.6 Å². The van der Waals surface area contributed by atoms with Gasteiger partial charge in [-0.3, -0.25) is 5.32 Å². The van der Waals surface area contributed by atoms with Crippen molar-refractivity contribution in [2.45, 2.75) is 25.2 Å². The van der Waals surface area contributed by atoms with Gasteiger partial charge in [0, 0.05) is 17.8 Å². The largest absolute Gasteiger partial charge is 0.493 e. The first-order valence-corrected chi connectivity index (χ1v) is 10.8. The number of halogens is 2. The molecule has 0 aliphatic heterocycles. The molecular weight excluding hydrogens is 476 g/mol. The van der Waals surface area contributed by atoms with Crippen LogP contribution in [0.3, 0.4) is 0 Å². The molecule has 12 heteroatoms. The number of aromatic nitrogens is 3. The van der Waals surface area contributed by atoms with E-state index in [-0.39, 0.29) is 17.5 Å². The molecule has 186 valence electrons. The summed E-state index contributed by atoms with van der Waals surface area (Å²) in [4.78, 5) is 20.9. The molecule has 2 amide bonds. The minimum atomic E-state index is -3.17. The summed E-state index contributed by atoms with van der Waals surface area (Å²) >= 11 is 0. The number of hydrogen-bond acceptors (Lipinski definition) is 8. The van der Waals surface area contributed by atoms with Gasteiger partial charge in [-0.05, 0) is 32.0 Å². The molecule has 0 saturated heterocycles. The Labute approximate surface area is 203 Å². The number of ether oxygens (including phenoxy) is 3. The van der Waals surface area contributed by atoms with Gasteiger partial charge in [0.2, 0.25) is 5.88 Å². The van der Waals surface area contributed by atoms with Gasteiger partial charge in [0.1, 0.15) is 17.6 Å². The lowest BCUT2D eigenvalue weighted by Crippen LogP contribution is -2.48. The number of benzene rings is 2. The average molecular weight is 497 g/mol. The first-order valence-electron chi connectivity index (χ1n) is 10.8. The highest BCUT2D eigenvalue weighted by molar-refractivity contribution is 6.00. The van der Waals surface area contributed by atoms with E-state index in [2.05, 4.69) is 25.8 Å². The highest BCUT2D eigenvalue weighted by atomic mass is 19.3. The first kappa shape index (κ1) is 23.3. The minimum Gasteiger partial charge on any atom is -0.493 e. The molecule has 0 saturated carbocycles. The van der Waals surface area contributed by atoms with Gasteiger partial charge in [-0.15, -0.1) is 0 Å². The Kier molecular flexibility index (Phi) is 5.38. The summed E-state index contributed by atoms with van der Waals surface area (Å²) in [7, 11) is 3.04. The van der Waals surface area contributed by atoms with Crippen LogP contribution in [0.5, 0.6) is 23.1 Å². The van der Waals surface area contributed by atoms with Gasteiger partial charge in [0.15, 0.2) is 23.1 Å². The van der Waals surface area contributed by atoms with Crippen LogP contribution >= 0.6 is 0 Å². The van der Waals surface area contributed by atoms with Crippen LogP contribution in [-0.4, -0.2) is 35.4 Å². The number of anilines is 2. The predicted molar refractivity (Wildman–Crippen MR) is 125 cm³/mol. The molecule has 36 heavy (non-hydrogen) atoms. The predicted octanol–water partition coefficient (Wildman–Crippen LogP) is 5.45. The summed E-state index contributed by atoms with van der Waals surface area (Å²) in [6, 6.07) is 9.10. The van der Waals surface area contributed by atoms with E-state index < -0.39 is 22.9 Å². The summed E-state index contributed by atoms with van der Waals surface area (Å²) in [6.07, 6.45) is 1.35. The van der Waals surface area contributed by atoms with Crippen LogP contribution in [0.25, 0.3) is 10.9 Å². The number of alkyl halides is 2. The number of hydrogen-bond donors (Lipinski definition) is 2. The van der Waals surface area contributed by atoms with E-state index in [0.29, 0.717) is 33.8 Å². The fraction of sp³-hybridized carbons (Fsp3) is 0.250. The van der Waals surface area contributed by atoms with Crippen LogP contribution in [0.1, 0.15) is 25.2 Å². The lowest BCUT2D eigenvalue weighted by Gasteiger charge is -2.40. The number of methoxy groups -OCH3 is 2. The van der Waals surface area contributed by atoms with Gasteiger partial charge in [0.05, 0.1) is 30.5 Å². The smallest absolute Gasteiger partial charge is 0.324 e. The van der Waals surface area contributed by atoms with Crippen molar-refractivity contribution in [3.8, 4) is 23.1 Å². The molecule has 2 heterocycles. The van der Waals surface area contributed by atoms with E-state index in [1.165, 1.54) is 34.4 Å². The number of carbonyl (C=O) groups excluding carboxylic acids is 1. The second-order valence-corrected chi connectivity index (χ2v) is 8.55. The molecule has 0 atom stereocenters. The number of amides is 2. The van der Waals surface area contributed by atoms with Crippen LogP contribution in [0.15, 0.2) is 47.2 Å². The Bertz CT molecular complexity index is 1490. The van der Waals surface area contributed by atoms with Crippen molar-refractivity contribution in [1.29, 1.82) is 0 Å². The molecule has 0 unspecified atom stereocenters. The van der Waals surface area contributed by atoms with E-state index in [1.807, 2.05) is 0 Å². The Balaban J connectivity index is 1.34. The Morgan fingerprint density at radius 1 is 1.03 bits per heavy atom. The molecule has 0 spiro atoms. The molecule has 2 N–H and O–H groups in total. The third-order valence-electron chi connectivity index (χ3n) is 6.00. The Morgan fingerprint density at radius 3 is 2.53 bits per heavy atom. The third-order valence-corrected chi connectivity index (χ3v) is 6.00. The highest BCUT2D eigenvalue weighted by Gasteiger charge is 2.66. The van der Waals surface area contributed by atoms with Crippen molar-refractivity contribution in [3.63, 3.8) is 0 Å². The summed E-state index contributed by atoms with van der Waals surface area (Å²) < 4.78 is 50.5. The van der Waals surface area contributed by atoms with Gasteiger partial charge in [-0.25, -0.2) is 14.8 Å². The van der Waals surface area contributed by atoms with Crippen molar-refractivity contribution in [1.82, 2.24) is 15.1 Å². The molecule has 1 aliphatic rings. The van der Waals surface area contributed by atoms with Gasteiger partial charge >= 0.3 is 6.03 Å². The van der Waals surface area contributed by atoms with E-state index in [1.54, 1.807) is 36.4 Å². The van der Waals surface area contributed by atoms with Crippen molar-refractivity contribution in [3.05, 3.63) is 54.0 Å². The van der Waals surface area contributed by atoms with Crippen molar-refractivity contribution in [2.75, 3.05) is 24.9 Å². The number of nitrogens with zero attached hydrogens (tertiary/aromatic N) is 3. The fourth-order valence-electron chi connectivity index (χ4n) is 3.95. The standard InChI is InChI=1S/C24H21F2N5O5/c1-23(2)19-18(24(23,25)26)20(31-36-19)30-22(32)29-12-6-5-7-13(8-12)35-21-14-9-16(33-3)17(34-4)10-15(14)27-11-28-21/h5-11H,1-4H3,(H2,29,30,31,32). The van der Waals surface area contributed by atoms with E-state index in [0.717, 1.165) is 0 Å². The molecule has 1 aliphatic carbocycles. The molecule has 4 aromatic rings.